The van der Waals surface area contributed by atoms with Crippen LogP contribution in [0.25, 0.3) is 0 Å². The Morgan fingerprint density at radius 1 is 1.41 bits per heavy atom. The SMILES string of the molecule is COc1cc2c(cc1C(=O)Nc1ccncc1)SCC[C@@H]2N. The van der Waals surface area contributed by atoms with Gasteiger partial charge in [-0.1, -0.05) is 0 Å². The summed E-state index contributed by atoms with van der Waals surface area (Å²) in [5.41, 5.74) is 8.40. The maximum absolute atomic E-state index is 12.5. The summed E-state index contributed by atoms with van der Waals surface area (Å²) in [4.78, 5) is 17.5. The molecule has 1 aliphatic heterocycles. The molecule has 0 unspecified atom stereocenters. The van der Waals surface area contributed by atoms with Gasteiger partial charge in [-0.05, 0) is 42.0 Å². The quantitative estimate of drug-likeness (QED) is 0.910. The van der Waals surface area contributed by atoms with E-state index >= 15 is 0 Å². The van der Waals surface area contributed by atoms with Crippen molar-refractivity contribution in [2.45, 2.75) is 17.4 Å². The fourth-order valence-corrected chi connectivity index (χ4v) is 3.59. The van der Waals surface area contributed by atoms with E-state index in [1.807, 2.05) is 12.1 Å². The molecule has 114 valence electrons. The van der Waals surface area contributed by atoms with Gasteiger partial charge in [-0.2, -0.15) is 0 Å². The molecule has 22 heavy (non-hydrogen) atoms. The van der Waals surface area contributed by atoms with Gasteiger partial charge in [0.15, 0.2) is 0 Å². The van der Waals surface area contributed by atoms with Gasteiger partial charge in [-0.3, -0.25) is 9.78 Å². The van der Waals surface area contributed by atoms with Crippen LogP contribution in [0.1, 0.15) is 28.4 Å². The van der Waals surface area contributed by atoms with E-state index in [0.29, 0.717) is 17.0 Å². The highest BCUT2D eigenvalue weighted by molar-refractivity contribution is 7.99. The number of nitrogens with two attached hydrogens (primary N) is 1. The zero-order valence-corrected chi connectivity index (χ0v) is 13.0. The van der Waals surface area contributed by atoms with Crippen molar-refractivity contribution in [2.24, 2.45) is 5.73 Å². The molecule has 0 aliphatic carbocycles. The summed E-state index contributed by atoms with van der Waals surface area (Å²) in [6.45, 7) is 0. The van der Waals surface area contributed by atoms with Crippen LogP contribution in [-0.4, -0.2) is 23.8 Å². The van der Waals surface area contributed by atoms with Gasteiger partial charge in [-0.25, -0.2) is 0 Å². The minimum absolute atomic E-state index is 0.00228. The third-order valence-corrected chi connectivity index (χ3v) is 4.71. The van der Waals surface area contributed by atoms with Crippen molar-refractivity contribution in [3.63, 3.8) is 0 Å². The van der Waals surface area contributed by atoms with Crippen molar-refractivity contribution in [1.29, 1.82) is 0 Å². The van der Waals surface area contributed by atoms with Crippen molar-refractivity contribution in [3.05, 3.63) is 47.8 Å². The highest BCUT2D eigenvalue weighted by Gasteiger charge is 2.22. The molecule has 5 nitrogen and oxygen atoms in total. The molecule has 0 radical (unpaired) electrons. The van der Waals surface area contributed by atoms with E-state index in [0.717, 1.165) is 22.6 Å². The van der Waals surface area contributed by atoms with E-state index in [-0.39, 0.29) is 11.9 Å². The first kappa shape index (κ1) is 14.9. The number of carbonyl (C=O) groups is 1. The van der Waals surface area contributed by atoms with Crippen molar-refractivity contribution in [1.82, 2.24) is 4.98 Å². The zero-order chi connectivity index (χ0) is 15.5. The summed E-state index contributed by atoms with van der Waals surface area (Å²) in [6.07, 6.45) is 4.20. The molecular weight excluding hydrogens is 298 g/mol. The van der Waals surface area contributed by atoms with E-state index in [4.69, 9.17) is 10.5 Å². The number of ether oxygens (including phenoxy) is 1. The summed E-state index contributed by atoms with van der Waals surface area (Å²) >= 11 is 1.72. The minimum Gasteiger partial charge on any atom is -0.496 e. The third-order valence-electron chi connectivity index (χ3n) is 3.60. The number of pyridine rings is 1. The van der Waals surface area contributed by atoms with Crippen molar-refractivity contribution < 1.29 is 9.53 Å². The Labute approximate surface area is 133 Å². The lowest BCUT2D eigenvalue weighted by Crippen LogP contribution is -2.18. The van der Waals surface area contributed by atoms with E-state index in [1.54, 1.807) is 43.4 Å². The van der Waals surface area contributed by atoms with Crippen LogP contribution in [0, 0.1) is 0 Å². The summed E-state index contributed by atoms with van der Waals surface area (Å²) in [5.74, 6) is 1.31. The fraction of sp³-hybridized carbons (Fsp3) is 0.250. The molecule has 0 fully saturated rings. The zero-order valence-electron chi connectivity index (χ0n) is 12.2. The van der Waals surface area contributed by atoms with Crippen LogP contribution < -0.4 is 15.8 Å². The van der Waals surface area contributed by atoms with Crippen LogP contribution in [0.3, 0.4) is 0 Å². The standard InChI is InChI=1S/C16H17N3O2S/c1-21-14-8-11-13(17)4-7-22-15(11)9-12(14)16(20)19-10-2-5-18-6-3-10/h2-3,5-6,8-9,13H,4,7,17H2,1H3,(H,18,19,20)/t13-/m0/s1. The lowest BCUT2D eigenvalue weighted by Gasteiger charge is -2.23. The van der Waals surface area contributed by atoms with Gasteiger partial charge in [0.05, 0.1) is 12.7 Å². The molecule has 3 rings (SSSR count). The van der Waals surface area contributed by atoms with Crippen molar-refractivity contribution in [2.75, 3.05) is 18.2 Å². The number of nitrogens with zero attached hydrogens (tertiary/aromatic N) is 1. The first-order valence-electron chi connectivity index (χ1n) is 7.00. The van der Waals surface area contributed by atoms with E-state index in [9.17, 15) is 4.79 Å². The van der Waals surface area contributed by atoms with Gasteiger partial charge < -0.3 is 15.8 Å². The third kappa shape index (κ3) is 2.93. The Morgan fingerprint density at radius 2 is 2.18 bits per heavy atom. The van der Waals surface area contributed by atoms with Crippen LogP contribution in [0.2, 0.25) is 0 Å². The predicted octanol–water partition coefficient (Wildman–Crippen LogP) is 2.84. The summed E-state index contributed by atoms with van der Waals surface area (Å²) < 4.78 is 5.38. The largest absolute Gasteiger partial charge is 0.496 e. The normalized spacial score (nSPS) is 16.7. The Bertz CT molecular complexity index is 691. The van der Waals surface area contributed by atoms with Crippen LogP contribution in [0.5, 0.6) is 5.75 Å². The number of anilines is 1. The van der Waals surface area contributed by atoms with Gasteiger partial charge >= 0.3 is 0 Å². The average molecular weight is 315 g/mol. The number of hydrogen-bond acceptors (Lipinski definition) is 5. The first-order valence-corrected chi connectivity index (χ1v) is 7.99. The van der Waals surface area contributed by atoms with Crippen molar-refractivity contribution in [3.8, 4) is 5.75 Å². The van der Waals surface area contributed by atoms with Crippen molar-refractivity contribution >= 4 is 23.4 Å². The number of hydrogen-bond donors (Lipinski definition) is 2. The second-order valence-electron chi connectivity index (χ2n) is 5.02. The monoisotopic (exact) mass is 315 g/mol. The first-order chi connectivity index (χ1) is 10.7. The Hall–Kier alpha value is -2.05. The van der Waals surface area contributed by atoms with E-state index in [2.05, 4.69) is 10.3 Å². The van der Waals surface area contributed by atoms with Crippen LogP contribution in [0.4, 0.5) is 5.69 Å². The van der Waals surface area contributed by atoms with Gasteiger partial charge in [-0.15, -0.1) is 11.8 Å². The molecular formula is C16H17N3O2S. The molecule has 6 heteroatoms. The number of amides is 1. The topological polar surface area (TPSA) is 77.2 Å². The molecule has 1 aromatic heterocycles. The maximum Gasteiger partial charge on any atom is 0.259 e. The molecule has 0 bridgehead atoms. The minimum atomic E-state index is -0.203. The van der Waals surface area contributed by atoms with Gasteiger partial charge in [0.25, 0.3) is 5.91 Å². The number of rotatable bonds is 3. The Kier molecular flexibility index (Phi) is 4.31. The number of carbonyl (C=O) groups excluding carboxylic acids is 1. The molecule has 1 aliphatic rings. The molecule has 2 aromatic rings. The molecule has 3 N–H and O–H groups in total. The summed E-state index contributed by atoms with van der Waals surface area (Å²) in [5, 5.41) is 2.85. The maximum atomic E-state index is 12.5. The Balaban J connectivity index is 1.94. The highest BCUT2D eigenvalue weighted by Crippen LogP contribution is 2.39. The molecule has 0 spiro atoms. The van der Waals surface area contributed by atoms with Crippen LogP contribution in [0.15, 0.2) is 41.6 Å². The number of benzene rings is 1. The molecule has 0 saturated carbocycles. The van der Waals surface area contributed by atoms with Crippen LogP contribution in [-0.2, 0) is 0 Å². The van der Waals surface area contributed by atoms with Gasteiger partial charge in [0, 0.05) is 29.0 Å². The van der Waals surface area contributed by atoms with E-state index < -0.39 is 0 Å². The Morgan fingerprint density at radius 3 is 2.91 bits per heavy atom. The number of thioether (sulfide) groups is 1. The smallest absolute Gasteiger partial charge is 0.259 e. The lowest BCUT2D eigenvalue weighted by molar-refractivity contribution is 0.102. The second kappa shape index (κ2) is 6.37. The number of nitrogens with one attached hydrogen (secondary N) is 1. The average Bonchev–Trinajstić information content (AvgIpc) is 2.55. The summed E-state index contributed by atoms with van der Waals surface area (Å²) in [7, 11) is 1.56. The molecule has 1 amide bonds. The highest BCUT2D eigenvalue weighted by atomic mass is 32.2. The fourth-order valence-electron chi connectivity index (χ4n) is 2.42. The van der Waals surface area contributed by atoms with Gasteiger partial charge in [0.2, 0.25) is 0 Å². The molecule has 0 saturated heterocycles. The molecule has 1 atom stereocenters. The second-order valence-corrected chi connectivity index (χ2v) is 6.16. The van der Waals surface area contributed by atoms with E-state index in [1.165, 1.54) is 0 Å². The predicted molar refractivity (Wildman–Crippen MR) is 87.5 cm³/mol. The number of aromatic nitrogens is 1. The summed E-state index contributed by atoms with van der Waals surface area (Å²) in [6, 6.07) is 7.24. The number of fused-ring (bicyclic) bond motifs is 1. The lowest BCUT2D eigenvalue weighted by atomic mass is 10.0. The number of methoxy groups -OCH3 is 1. The van der Waals surface area contributed by atoms with Crippen LogP contribution >= 0.6 is 11.8 Å². The van der Waals surface area contributed by atoms with Gasteiger partial charge in [0.1, 0.15) is 5.75 Å². The molecule has 2 heterocycles. The molecule has 1 aromatic carbocycles.